The summed E-state index contributed by atoms with van der Waals surface area (Å²) in [6.45, 7) is 8.06. The van der Waals surface area contributed by atoms with Crippen molar-refractivity contribution in [2.24, 2.45) is 5.92 Å². The van der Waals surface area contributed by atoms with E-state index in [2.05, 4.69) is 31.3 Å². The third-order valence-corrected chi connectivity index (χ3v) is 3.33. The maximum Gasteiger partial charge on any atom is 0.0515 e. The molecule has 0 saturated heterocycles. The summed E-state index contributed by atoms with van der Waals surface area (Å²) < 4.78 is 0. The standard InChI is InChI=1S/C12H21NOS/c1-9(6-10(2)14)7-13-8-12-5-4-11(3)15-12/h4-5,9-10,13-14H,6-8H2,1-3H3. The number of aliphatic hydroxyl groups is 1. The first kappa shape index (κ1) is 12.7. The van der Waals surface area contributed by atoms with E-state index in [0.717, 1.165) is 19.5 Å². The summed E-state index contributed by atoms with van der Waals surface area (Å²) >= 11 is 1.84. The monoisotopic (exact) mass is 227 g/mol. The summed E-state index contributed by atoms with van der Waals surface area (Å²) in [4.78, 5) is 2.75. The third-order valence-electron chi connectivity index (χ3n) is 2.33. The summed E-state index contributed by atoms with van der Waals surface area (Å²) in [6, 6.07) is 4.33. The molecule has 1 rings (SSSR count). The van der Waals surface area contributed by atoms with Crippen LogP contribution >= 0.6 is 11.3 Å². The van der Waals surface area contributed by atoms with Gasteiger partial charge in [0.15, 0.2) is 0 Å². The maximum absolute atomic E-state index is 9.22. The zero-order valence-corrected chi connectivity index (χ0v) is 10.6. The number of hydrogen-bond acceptors (Lipinski definition) is 3. The molecule has 0 fully saturated rings. The molecule has 0 aliphatic carbocycles. The average Bonchev–Trinajstić information content (AvgIpc) is 2.50. The second kappa shape index (κ2) is 6.26. The highest BCUT2D eigenvalue weighted by Crippen LogP contribution is 2.14. The fourth-order valence-corrected chi connectivity index (χ4v) is 2.55. The molecule has 3 heteroatoms. The summed E-state index contributed by atoms with van der Waals surface area (Å²) in [5, 5.41) is 12.6. The molecular formula is C12H21NOS. The van der Waals surface area contributed by atoms with Gasteiger partial charge in [-0.2, -0.15) is 0 Å². The molecule has 86 valence electrons. The Morgan fingerprint density at radius 2 is 2.13 bits per heavy atom. The van der Waals surface area contributed by atoms with Crippen LogP contribution in [0, 0.1) is 12.8 Å². The highest BCUT2D eigenvalue weighted by molar-refractivity contribution is 7.11. The van der Waals surface area contributed by atoms with Gasteiger partial charge < -0.3 is 10.4 Å². The zero-order chi connectivity index (χ0) is 11.3. The van der Waals surface area contributed by atoms with Crippen LogP contribution in [0.5, 0.6) is 0 Å². The number of aliphatic hydroxyl groups excluding tert-OH is 1. The Balaban J connectivity index is 2.16. The van der Waals surface area contributed by atoms with Crippen molar-refractivity contribution in [3.63, 3.8) is 0 Å². The highest BCUT2D eigenvalue weighted by Gasteiger charge is 2.05. The minimum Gasteiger partial charge on any atom is -0.393 e. The molecule has 0 aromatic carbocycles. The summed E-state index contributed by atoms with van der Waals surface area (Å²) in [5.74, 6) is 0.533. The van der Waals surface area contributed by atoms with Crippen LogP contribution in [0.3, 0.4) is 0 Å². The quantitative estimate of drug-likeness (QED) is 0.783. The van der Waals surface area contributed by atoms with Crippen LogP contribution in [-0.4, -0.2) is 17.8 Å². The van der Waals surface area contributed by atoms with Crippen LogP contribution in [0.25, 0.3) is 0 Å². The SMILES string of the molecule is Cc1ccc(CNCC(C)CC(C)O)s1. The Morgan fingerprint density at radius 1 is 1.40 bits per heavy atom. The van der Waals surface area contributed by atoms with E-state index in [1.165, 1.54) is 9.75 Å². The van der Waals surface area contributed by atoms with E-state index >= 15 is 0 Å². The van der Waals surface area contributed by atoms with E-state index in [4.69, 9.17) is 0 Å². The van der Waals surface area contributed by atoms with Gasteiger partial charge in [-0.3, -0.25) is 0 Å². The van der Waals surface area contributed by atoms with Gasteiger partial charge in [0.2, 0.25) is 0 Å². The summed E-state index contributed by atoms with van der Waals surface area (Å²) in [5.41, 5.74) is 0. The Kier molecular flexibility index (Phi) is 5.29. The van der Waals surface area contributed by atoms with Crippen molar-refractivity contribution < 1.29 is 5.11 Å². The van der Waals surface area contributed by atoms with Crippen LogP contribution in [0.15, 0.2) is 12.1 Å². The molecule has 1 heterocycles. The van der Waals surface area contributed by atoms with Gasteiger partial charge in [-0.05, 0) is 44.9 Å². The molecular weight excluding hydrogens is 206 g/mol. The highest BCUT2D eigenvalue weighted by atomic mass is 32.1. The molecule has 1 aromatic rings. The van der Waals surface area contributed by atoms with Crippen molar-refractivity contribution in [1.82, 2.24) is 5.32 Å². The Hall–Kier alpha value is -0.380. The van der Waals surface area contributed by atoms with Crippen LogP contribution in [0.2, 0.25) is 0 Å². The van der Waals surface area contributed by atoms with Gasteiger partial charge in [0.25, 0.3) is 0 Å². The molecule has 2 unspecified atom stereocenters. The Morgan fingerprint density at radius 3 is 2.67 bits per heavy atom. The van der Waals surface area contributed by atoms with Crippen molar-refractivity contribution in [1.29, 1.82) is 0 Å². The molecule has 0 bridgehead atoms. The fraction of sp³-hybridized carbons (Fsp3) is 0.667. The van der Waals surface area contributed by atoms with Crippen LogP contribution in [0.4, 0.5) is 0 Å². The van der Waals surface area contributed by atoms with E-state index in [9.17, 15) is 5.11 Å². The number of thiophene rings is 1. The van der Waals surface area contributed by atoms with E-state index < -0.39 is 0 Å². The van der Waals surface area contributed by atoms with Crippen LogP contribution in [-0.2, 0) is 6.54 Å². The van der Waals surface area contributed by atoms with Gasteiger partial charge >= 0.3 is 0 Å². The van der Waals surface area contributed by atoms with Gasteiger partial charge in [0.1, 0.15) is 0 Å². The Labute approximate surface area is 96.3 Å². The lowest BCUT2D eigenvalue weighted by molar-refractivity contribution is 0.163. The normalized spacial score (nSPS) is 15.2. The molecule has 0 amide bonds. The molecule has 15 heavy (non-hydrogen) atoms. The molecule has 0 aliphatic heterocycles. The molecule has 2 atom stereocenters. The second-order valence-electron chi connectivity index (χ2n) is 4.33. The number of nitrogens with one attached hydrogen (secondary N) is 1. The lowest BCUT2D eigenvalue weighted by Gasteiger charge is -2.13. The Bertz CT molecular complexity index is 283. The lowest BCUT2D eigenvalue weighted by Crippen LogP contribution is -2.22. The third kappa shape index (κ3) is 5.30. The number of aryl methyl sites for hydroxylation is 1. The molecule has 0 spiro atoms. The predicted octanol–water partition coefficient (Wildman–Crippen LogP) is 2.55. The number of hydrogen-bond donors (Lipinski definition) is 2. The minimum atomic E-state index is -0.189. The second-order valence-corrected chi connectivity index (χ2v) is 5.71. The number of rotatable bonds is 6. The topological polar surface area (TPSA) is 32.3 Å². The van der Waals surface area contributed by atoms with E-state index in [1.807, 2.05) is 18.3 Å². The maximum atomic E-state index is 9.22. The van der Waals surface area contributed by atoms with Gasteiger partial charge in [-0.15, -0.1) is 11.3 Å². The molecule has 0 aliphatic rings. The molecule has 2 N–H and O–H groups in total. The van der Waals surface area contributed by atoms with Gasteiger partial charge in [-0.25, -0.2) is 0 Å². The van der Waals surface area contributed by atoms with Crippen LogP contribution in [0.1, 0.15) is 30.0 Å². The van der Waals surface area contributed by atoms with Gasteiger partial charge in [0.05, 0.1) is 6.10 Å². The van der Waals surface area contributed by atoms with Gasteiger partial charge in [0, 0.05) is 16.3 Å². The van der Waals surface area contributed by atoms with Crippen molar-refractivity contribution in [3.8, 4) is 0 Å². The van der Waals surface area contributed by atoms with Crippen molar-refractivity contribution >= 4 is 11.3 Å². The first-order valence-corrected chi connectivity index (χ1v) is 6.33. The van der Waals surface area contributed by atoms with E-state index in [0.29, 0.717) is 5.92 Å². The van der Waals surface area contributed by atoms with Gasteiger partial charge in [-0.1, -0.05) is 6.92 Å². The molecule has 1 aromatic heterocycles. The molecule has 2 nitrogen and oxygen atoms in total. The first-order chi connectivity index (χ1) is 7.08. The minimum absolute atomic E-state index is 0.189. The van der Waals surface area contributed by atoms with Crippen molar-refractivity contribution in [3.05, 3.63) is 21.9 Å². The van der Waals surface area contributed by atoms with Crippen LogP contribution < -0.4 is 5.32 Å². The molecule has 0 radical (unpaired) electrons. The molecule has 0 saturated carbocycles. The lowest BCUT2D eigenvalue weighted by atomic mass is 10.1. The zero-order valence-electron chi connectivity index (χ0n) is 9.79. The predicted molar refractivity (Wildman–Crippen MR) is 66.2 cm³/mol. The average molecular weight is 227 g/mol. The fourth-order valence-electron chi connectivity index (χ4n) is 1.69. The first-order valence-electron chi connectivity index (χ1n) is 5.52. The van der Waals surface area contributed by atoms with E-state index in [1.54, 1.807) is 0 Å². The smallest absolute Gasteiger partial charge is 0.0515 e. The van der Waals surface area contributed by atoms with Crippen molar-refractivity contribution in [2.75, 3.05) is 6.54 Å². The summed E-state index contributed by atoms with van der Waals surface area (Å²) in [7, 11) is 0. The van der Waals surface area contributed by atoms with E-state index in [-0.39, 0.29) is 6.10 Å². The summed E-state index contributed by atoms with van der Waals surface area (Å²) in [6.07, 6.45) is 0.682. The largest absolute Gasteiger partial charge is 0.393 e. The van der Waals surface area contributed by atoms with Crippen molar-refractivity contribution in [2.45, 2.75) is 39.8 Å².